The molecule has 3 fully saturated rings. The number of fused-ring (bicyclic) bond motifs is 3. The van der Waals surface area contributed by atoms with Gasteiger partial charge < -0.3 is 14.7 Å². The summed E-state index contributed by atoms with van der Waals surface area (Å²) in [5.41, 5.74) is 1.75. The summed E-state index contributed by atoms with van der Waals surface area (Å²) in [5.74, 6) is 1.50. The summed E-state index contributed by atoms with van der Waals surface area (Å²) in [7, 11) is 0. The third-order valence-corrected chi connectivity index (χ3v) is 7.28. The number of halogens is 3. The molecule has 0 amide bonds. The monoisotopic (exact) mass is 538 g/mol. The van der Waals surface area contributed by atoms with Gasteiger partial charge in [-0.3, -0.25) is 9.88 Å². The van der Waals surface area contributed by atoms with Crippen LogP contribution in [0.25, 0.3) is 16.6 Å². The van der Waals surface area contributed by atoms with Gasteiger partial charge in [0.2, 0.25) is 0 Å². The van der Waals surface area contributed by atoms with Gasteiger partial charge in [-0.05, 0) is 56.2 Å². The average Bonchev–Trinajstić information content (AvgIpc) is 3.38. The van der Waals surface area contributed by atoms with E-state index in [2.05, 4.69) is 19.9 Å². The van der Waals surface area contributed by atoms with E-state index in [1.807, 2.05) is 30.5 Å². The highest BCUT2D eigenvalue weighted by atomic mass is 19.4. The Morgan fingerprint density at radius 3 is 2.46 bits per heavy atom. The van der Waals surface area contributed by atoms with E-state index in [0.717, 1.165) is 53.6 Å². The first kappa shape index (κ1) is 25.6. The van der Waals surface area contributed by atoms with E-state index in [1.54, 1.807) is 30.8 Å². The van der Waals surface area contributed by atoms with E-state index in [0.29, 0.717) is 24.4 Å². The van der Waals surface area contributed by atoms with E-state index in [4.69, 9.17) is 9.72 Å². The van der Waals surface area contributed by atoms with Crippen LogP contribution in [0.2, 0.25) is 0 Å². The number of alkyl halides is 3. The molecule has 0 aliphatic carbocycles. The highest BCUT2D eigenvalue weighted by Gasteiger charge is 2.44. The van der Waals surface area contributed by atoms with E-state index >= 15 is 0 Å². The molecule has 39 heavy (non-hydrogen) atoms. The number of ether oxygens (including phenoxy) is 1. The van der Waals surface area contributed by atoms with Crippen molar-refractivity contribution in [3.63, 3.8) is 0 Å². The van der Waals surface area contributed by atoms with E-state index < -0.39 is 17.5 Å². The molecular weight excluding hydrogens is 509 g/mol. The zero-order valence-electron chi connectivity index (χ0n) is 21.6. The molecule has 204 valence electrons. The van der Waals surface area contributed by atoms with Crippen LogP contribution in [0.4, 0.5) is 19.0 Å². The van der Waals surface area contributed by atoms with Crippen LogP contribution in [0, 0.1) is 0 Å². The molecule has 8 nitrogen and oxygen atoms in total. The molecular formula is C28H29F3N6O2. The van der Waals surface area contributed by atoms with Gasteiger partial charge in [-0.25, -0.2) is 9.50 Å². The number of nitrogens with zero attached hydrogens (tertiary/aromatic N) is 6. The summed E-state index contributed by atoms with van der Waals surface area (Å²) in [4.78, 5) is 13.0. The topological polar surface area (TPSA) is 79.0 Å². The van der Waals surface area contributed by atoms with E-state index in [9.17, 15) is 18.3 Å². The van der Waals surface area contributed by atoms with Crippen molar-refractivity contribution >= 4 is 11.3 Å². The van der Waals surface area contributed by atoms with Gasteiger partial charge in [-0.2, -0.15) is 18.3 Å². The van der Waals surface area contributed by atoms with Crippen molar-refractivity contribution in [3.05, 3.63) is 72.4 Å². The third-order valence-electron chi connectivity index (χ3n) is 7.28. The van der Waals surface area contributed by atoms with Gasteiger partial charge in [0.15, 0.2) is 0 Å². The van der Waals surface area contributed by atoms with Gasteiger partial charge in [0.05, 0.1) is 23.5 Å². The largest absolute Gasteiger partial charge is 0.489 e. The van der Waals surface area contributed by atoms with Crippen molar-refractivity contribution in [2.45, 2.75) is 50.7 Å². The predicted octanol–water partition coefficient (Wildman–Crippen LogP) is 4.42. The second kappa shape index (κ2) is 9.49. The number of hydrogen-bond acceptors (Lipinski definition) is 7. The molecule has 0 spiro atoms. The zero-order chi connectivity index (χ0) is 27.4. The Morgan fingerprint density at radius 1 is 1.03 bits per heavy atom. The smallest absolute Gasteiger partial charge is 0.433 e. The lowest BCUT2D eigenvalue weighted by atomic mass is 9.87. The van der Waals surface area contributed by atoms with Crippen molar-refractivity contribution in [1.82, 2.24) is 24.5 Å². The molecule has 0 aromatic carbocycles. The SMILES string of the molecule is CC(C)(O)COc1cc(-c2ccc(N3CC4CC(C3)N4Cc3ccc(C(F)(F)F)nc3)nc2)c2ccnn2c1. The maximum Gasteiger partial charge on any atom is 0.433 e. The molecule has 2 bridgehead atoms. The van der Waals surface area contributed by atoms with E-state index in [-0.39, 0.29) is 6.61 Å². The summed E-state index contributed by atoms with van der Waals surface area (Å²) in [6.07, 6.45) is 3.35. The van der Waals surface area contributed by atoms with Crippen LogP contribution in [0.1, 0.15) is 31.5 Å². The highest BCUT2D eigenvalue weighted by Crippen LogP contribution is 2.36. The van der Waals surface area contributed by atoms with Crippen LogP contribution in [0.5, 0.6) is 5.75 Å². The molecule has 7 rings (SSSR count). The molecule has 0 radical (unpaired) electrons. The van der Waals surface area contributed by atoms with Gasteiger partial charge in [0.1, 0.15) is 23.9 Å². The fourth-order valence-corrected chi connectivity index (χ4v) is 5.34. The van der Waals surface area contributed by atoms with Crippen molar-refractivity contribution in [3.8, 4) is 16.9 Å². The van der Waals surface area contributed by atoms with Gasteiger partial charge >= 0.3 is 6.18 Å². The maximum absolute atomic E-state index is 12.8. The Bertz CT molecular complexity index is 1450. The fraction of sp³-hybridized carbons (Fsp3) is 0.393. The first-order chi connectivity index (χ1) is 18.5. The number of anilines is 1. The Morgan fingerprint density at radius 2 is 1.82 bits per heavy atom. The van der Waals surface area contributed by atoms with Crippen LogP contribution in [0.3, 0.4) is 0 Å². The predicted molar refractivity (Wildman–Crippen MR) is 139 cm³/mol. The molecule has 4 aromatic rings. The summed E-state index contributed by atoms with van der Waals surface area (Å²) in [6.45, 7) is 5.75. The fourth-order valence-electron chi connectivity index (χ4n) is 5.34. The quantitative estimate of drug-likeness (QED) is 0.373. The Kier molecular flexibility index (Phi) is 6.22. The lowest BCUT2D eigenvalue weighted by Crippen LogP contribution is -2.68. The zero-order valence-corrected chi connectivity index (χ0v) is 21.6. The summed E-state index contributed by atoms with van der Waals surface area (Å²) in [5, 5.41) is 14.4. The first-order valence-corrected chi connectivity index (χ1v) is 12.9. The summed E-state index contributed by atoms with van der Waals surface area (Å²) >= 11 is 0. The molecule has 2 atom stereocenters. The van der Waals surface area contributed by atoms with Crippen LogP contribution in [0.15, 0.2) is 61.2 Å². The van der Waals surface area contributed by atoms with Crippen molar-refractivity contribution in [1.29, 1.82) is 0 Å². The summed E-state index contributed by atoms with van der Waals surface area (Å²) < 4.78 is 46.0. The van der Waals surface area contributed by atoms with Gasteiger partial charge in [-0.15, -0.1) is 0 Å². The number of aromatic nitrogens is 4. The summed E-state index contributed by atoms with van der Waals surface area (Å²) in [6, 6.07) is 11.1. The maximum atomic E-state index is 12.8. The molecule has 1 N–H and O–H groups in total. The first-order valence-electron chi connectivity index (χ1n) is 12.9. The minimum Gasteiger partial charge on any atom is -0.489 e. The molecule has 7 heterocycles. The number of aliphatic hydroxyl groups is 1. The van der Waals surface area contributed by atoms with Crippen molar-refractivity contribution in [2.75, 3.05) is 24.6 Å². The average molecular weight is 539 g/mol. The Hall–Kier alpha value is -3.70. The number of piperazine rings is 1. The molecule has 3 saturated heterocycles. The molecule has 11 heteroatoms. The van der Waals surface area contributed by atoms with Gasteiger partial charge in [0.25, 0.3) is 0 Å². The number of pyridine rings is 3. The third kappa shape index (κ3) is 5.28. The molecule has 0 saturated carbocycles. The minimum atomic E-state index is -4.42. The lowest BCUT2D eigenvalue weighted by molar-refractivity contribution is -0.141. The standard InChI is InChI=1S/C28H29F3N6O2/c1-27(2,38)17-39-22-10-23(24-7-8-34-37(24)16-22)19-4-6-26(33-12-19)35-14-20-9-21(15-35)36(20)13-18-3-5-25(32-11-18)28(29,30)31/h3-8,10-12,16,20-21,38H,9,13-15,17H2,1-2H3. The minimum absolute atomic E-state index is 0.153. The van der Waals surface area contributed by atoms with Crippen molar-refractivity contribution in [2.24, 2.45) is 0 Å². The molecule has 3 aliphatic heterocycles. The molecule has 3 aliphatic rings. The van der Waals surface area contributed by atoms with Crippen LogP contribution in [-0.2, 0) is 12.7 Å². The number of rotatable bonds is 7. The lowest BCUT2D eigenvalue weighted by Gasteiger charge is -2.56. The number of piperidine rings is 1. The van der Waals surface area contributed by atoms with Crippen LogP contribution in [-0.4, -0.2) is 67.0 Å². The van der Waals surface area contributed by atoms with Gasteiger partial charge in [-0.1, -0.05) is 6.07 Å². The van der Waals surface area contributed by atoms with Gasteiger partial charge in [0, 0.05) is 55.2 Å². The Balaban J connectivity index is 1.13. The van der Waals surface area contributed by atoms with E-state index in [1.165, 1.54) is 12.3 Å². The number of hydrogen-bond donors (Lipinski definition) is 1. The Labute approximate surface area is 223 Å². The highest BCUT2D eigenvalue weighted by molar-refractivity contribution is 5.81. The van der Waals surface area contributed by atoms with Crippen molar-refractivity contribution < 1.29 is 23.0 Å². The van der Waals surface area contributed by atoms with Crippen LogP contribution < -0.4 is 9.64 Å². The molecule has 2 unspecified atom stereocenters. The second-order valence-corrected chi connectivity index (χ2v) is 10.9. The normalized spacial score (nSPS) is 19.8. The second-order valence-electron chi connectivity index (χ2n) is 10.9. The van der Waals surface area contributed by atoms with Crippen LogP contribution >= 0.6 is 0 Å². The molecule has 4 aromatic heterocycles.